The molecule has 6 nitrogen and oxygen atoms in total. The molecule has 1 aromatic heterocycles. The van der Waals surface area contributed by atoms with Crippen molar-refractivity contribution in [2.45, 2.75) is 33.2 Å². The highest BCUT2D eigenvalue weighted by atomic mass is 16.5. The second-order valence-electron chi connectivity index (χ2n) is 8.40. The number of amides is 1. The van der Waals surface area contributed by atoms with Crippen LogP contribution in [-0.2, 0) is 11.2 Å². The first kappa shape index (κ1) is 22.4. The molecular weight excluding hydrogens is 414 g/mol. The predicted octanol–water partition coefficient (Wildman–Crippen LogP) is 6.13. The van der Waals surface area contributed by atoms with Gasteiger partial charge in [-0.3, -0.25) is 0 Å². The number of benzene rings is 3. The Hall–Kier alpha value is -3.80. The summed E-state index contributed by atoms with van der Waals surface area (Å²) in [5.74, 6) is 0.779. The van der Waals surface area contributed by atoms with Crippen LogP contribution in [0.4, 0.5) is 16.2 Å². The molecule has 0 atom stereocenters. The average Bonchev–Trinajstić information content (AvgIpc) is 2.79. The van der Waals surface area contributed by atoms with Crippen molar-refractivity contribution in [3.63, 3.8) is 0 Å². The van der Waals surface area contributed by atoms with Gasteiger partial charge in [-0.05, 0) is 62.2 Å². The molecule has 0 saturated heterocycles. The lowest BCUT2D eigenvalue weighted by molar-refractivity contribution is 0.145. The number of pyridine rings is 1. The van der Waals surface area contributed by atoms with E-state index in [1.54, 1.807) is 7.11 Å². The van der Waals surface area contributed by atoms with Gasteiger partial charge in [0.05, 0.1) is 30.4 Å². The van der Waals surface area contributed by atoms with E-state index in [9.17, 15) is 4.79 Å². The van der Waals surface area contributed by atoms with E-state index >= 15 is 0 Å². The maximum atomic E-state index is 11.6. The van der Waals surface area contributed by atoms with Gasteiger partial charge < -0.3 is 20.1 Å². The Morgan fingerprint density at radius 1 is 0.970 bits per heavy atom. The van der Waals surface area contributed by atoms with Crippen LogP contribution in [0.2, 0.25) is 0 Å². The summed E-state index contributed by atoms with van der Waals surface area (Å²) in [5.41, 5.74) is 6.07. The molecule has 33 heavy (non-hydrogen) atoms. The molecule has 4 aromatic rings. The first-order valence-electron chi connectivity index (χ1n) is 11.1. The molecule has 0 fully saturated rings. The average molecular weight is 444 g/mol. The quantitative estimate of drug-likeness (QED) is 0.336. The maximum absolute atomic E-state index is 11.6. The lowest BCUT2D eigenvalue weighted by Crippen LogP contribution is -2.31. The molecule has 1 heterocycles. The van der Waals surface area contributed by atoms with Crippen molar-refractivity contribution >= 4 is 39.3 Å². The van der Waals surface area contributed by atoms with E-state index < -0.39 is 0 Å². The topological polar surface area (TPSA) is 72.5 Å². The van der Waals surface area contributed by atoms with Gasteiger partial charge in [0, 0.05) is 35.0 Å². The Kier molecular flexibility index (Phi) is 6.63. The summed E-state index contributed by atoms with van der Waals surface area (Å²) in [5, 5.41) is 8.41. The van der Waals surface area contributed by atoms with Crippen molar-refractivity contribution in [3.05, 3.63) is 71.8 Å². The molecule has 0 aliphatic rings. The fourth-order valence-corrected chi connectivity index (χ4v) is 3.74. The Labute approximate surface area is 193 Å². The fourth-order valence-electron chi connectivity index (χ4n) is 3.74. The number of aromatic nitrogens is 1. The smallest absolute Gasteiger partial charge is 0.407 e. The molecule has 1 amide bonds. The molecule has 0 saturated carbocycles. The van der Waals surface area contributed by atoms with Crippen LogP contribution in [0, 0.1) is 6.92 Å². The minimum absolute atomic E-state index is 0.0632. The largest absolute Gasteiger partial charge is 0.497 e. The molecular formula is C27H29N3O3. The lowest BCUT2D eigenvalue weighted by atomic mass is 10.1. The van der Waals surface area contributed by atoms with E-state index in [1.165, 1.54) is 0 Å². The van der Waals surface area contributed by atoms with E-state index in [4.69, 9.17) is 14.5 Å². The second kappa shape index (κ2) is 9.77. The highest BCUT2D eigenvalue weighted by Crippen LogP contribution is 2.35. The number of nitrogens with one attached hydrogen (secondary N) is 2. The van der Waals surface area contributed by atoms with Crippen molar-refractivity contribution < 1.29 is 14.3 Å². The summed E-state index contributed by atoms with van der Waals surface area (Å²) in [7, 11) is 1.66. The molecule has 6 heteroatoms. The monoisotopic (exact) mass is 443 g/mol. The zero-order chi connectivity index (χ0) is 23.4. The number of hydrogen-bond donors (Lipinski definition) is 2. The Morgan fingerprint density at radius 3 is 2.36 bits per heavy atom. The highest BCUT2D eigenvalue weighted by molar-refractivity contribution is 6.09. The normalized spacial score (nSPS) is 11.1. The molecule has 0 aliphatic carbocycles. The van der Waals surface area contributed by atoms with Gasteiger partial charge in [0.25, 0.3) is 0 Å². The molecule has 0 spiro atoms. The van der Waals surface area contributed by atoms with Crippen LogP contribution >= 0.6 is 0 Å². The predicted molar refractivity (Wildman–Crippen MR) is 134 cm³/mol. The number of fused-ring (bicyclic) bond motifs is 2. The first-order valence-corrected chi connectivity index (χ1v) is 11.1. The minimum atomic E-state index is -0.383. The third kappa shape index (κ3) is 5.34. The van der Waals surface area contributed by atoms with Crippen molar-refractivity contribution in [3.8, 4) is 5.75 Å². The summed E-state index contributed by atoms with van der Waals surface area (Å²) in [6, 6.07) is 20.5. The molecule has 4 rings (SSSR count). The highest BCUT2D eigenvalue weighted by Gasteiger charge is 2.11. The minimum Gasteiger partial charge on any atom is -0.497 e. The van der Waals surface area contributed by atoms with Crippen LogP contribution in [0.1, 0.15) is 25.0 Å². The lowest BCUT2D eigenvalue weighted by Gasteiger charge is -2.15. The van der Waals surface area contributed by atoms with Crippen LogP contribution in [0.25, 0.3) is 21.8 Å². The Bertz CT molecular complexity index is 1280. The van der Waals surface area contributed by atoms with E-state index in [0.29, 0.717) is 13.0 Å². The number of nitrogens with zero attached hydrogens (tertiary/aromatic N) is 1. The van der Waals surface area contributed by atoms with Gasteiger partial charge in [-0.25, -0.2) is 9.78 Å². The first-order chi connectivity index (χ1) is 15.9. The van der Waals surface area contributed by atoms with Gasteiger partial charge >= 0.3 is 6.09 Å². The van der Waals surface area contributed by atoms with Gasteiger partial charge in [0.15, 0.2) is 0 Å². The summed E-state index contributed by atoms with van der Waals surface area (Å²) in [4.78, 5) is 16.5. The van der Waals surface area contributed by atoms with E-state index in [2.05, 4.69) is 35.8 Å². The molecule has 0 radical (unpaired) electrons. The Morgan fingerprint density at radius 2 is 1.67 bits per heavy atom. The zero-order valence-electron chi connectivity index (χ0n) is 19.4. The second-order valence-corrected chi connectivity index (χ2v) is 8.40. The third-order valence-electron chi connectivity index (χ3n) is 5.39. The van der Waals surface area contributed by atoms with Crippen LogP contribution < -0.4 is 15.4 Å². The zero-order valence-corrected chi connectivity index (χ0v) is 19.4. The molecule has 170 valence electrons. The van der Waals surface area contributed by atoms with E-state index in [1.807, 2.05) is 56.3 Å². The Balaban J connectivity index is 1.57. The molecule has 0 aliphatic heterocycles. The van der Waals surface area contributed by atoms with Crippen LogP contribution in [0.5, 0.6) is 5.75 Å². The number of alkyl carbamates (subject to hydrolysis) is 1. The van der Waals surface area contributed by atoms with Crippen molar-refractivity contribution in [1.29, 1.82) is 0 Å². The number of rotatable bonds is 7. The summed E-state index contributed by atoms with van der Waals surface area (Å²) in [6.45, 7) is 6.21. The number of anilines is 2. The van der Waals surface area contributed by atoms with Crippen molar-refractivity contribution in [1.82, 2.24) is 10.3 Å². The summed E-state index contributed by atoms with van der Waals surface area (Å²) >= 11 is 0. The van der Waals surface area contributed by atoms with Gasteiger partial charge in [0.1, 0.15) is 5.75 Å². The van der Waals surface area contributed by atoms with Gasteiger partial charge in [-0.2, -0.15) is 0 Å². The fraction of sp³-hybridized carbons (Fsp3) is 0.259. The molecule has 0 bridgehead atoms. The number of ether oxygens (including phenoxy) is 2. The van der Waals surface area contributed by atoms with Gasteiger partial charge in [-0.15, -0.1) is 0 Å². The SMILES string of the molecule is COc1ccc2c(Nc3ccc(CCOC(=O)NC(C)C)cc3)c3ccc(C)cc3nc2c1. The molecule has 2 N–H and O–H groups in total. The maximum Gasteiger partial charge on any atom is 0.407 e. The summed E-state index contributed by atoms with van der Waals surface area (Å²) in [6.07, 6.45) is 0.276. The van der Waals surface area contributed by atoms with E-state index in [-0.39, 0.29) is 12.1 Å². The number of hydrogen-bond acceptors (Lipinski definition) is 5. The van der Waals surface area contributed by atoms with Crippen LogP contribution in [0.15, 0.2) is 60.7 Å². The van der Waals surface area contributed by atoms with Gasteiger partial charge in [-0.1, -0.05) is 24.3 Å². The molecule has 0 unspecified atom stereocenters. The summed E-state index contributed by atoms with van der Waals surface area (Å²) < 4.78 is 10.6. The number of aryl methyl sites for hydroxylation is 1. The van der Waals surface area contributed by atoms with Crippen molar-refractivity contribution in [2.75, 3.05) is 19.0 Å². The van der Waals surface area contributed by atoms with Crippen LogP contribution in [-0.4, -0.2) is 30.8 Å². The standard InChI is InChI=1S/C27H29N3O3/c1-17(2)28-27(31)33-14-13-19-6-8-20(9-7-19)29-26-22-11-5-18(3)15-24(22)30-25-16-21(32-4)10-12-23(25)26/h5-12,15-17H,13-14H2,1-4H3,(H,28,31)(H,29,30). The number of carbonyl (C=O) groups excluding carboxylic acids is 1. The van der Waals surface area contributed by atoms with Crippen LogP contribution in [0.3, 0.4) is 0 Å². The molecule has 3 aromatic carbocycles. The number of methoxy groups -OCH3 is 1. The number of carbonyl (C=O) groups is 1. The van der Waals surface area contributed by atoms with Gasteiger partial charge in [0.2, 0.25) is 0 Å². The van der Waals surface area contributed by atoms with E-state index in [0.717, 1.165) is 50.1 Å². The third-order valence-corrected chi connectivity index (χ3v) is 5.39. The van der Waals surface area contributed by atoms with Crippen molar-refractivity contribution in [2.24, 2.45) is 0 Å².